The maximum absolute atomic E-state index is 12.0. The summed E-state index contributed by atoms with van der Waals surface area (Å²) >= 11 is 11.8. The van der Waals surface area contributed by atoms with E-state index < -0.39 is 0 Å². The van der Waals surface area contributed by atoms with Crippen molar-refractivity contribution in [1.82, 2.24) is 5.43 Å². The topological polar surface area (TPSA) is 70.6 Å². The van der Waals surface area contributed by atoms with Gasteiger partial charge in [0.2, 0.25) is 5.91 Å². The van der Waals surface area contributed by atoms with Crippen LogP contribution in [0.25, 0.3) is 0 Å². The first-order chi connectivity index (χ1) is 11.8. The van der Waals surface area contributed by atoms with E-state index in [2.05, 4.69) is 15.8 Å². The number of aryl methyl sites for hydroxylation is 1. The molecule has 0 aromatic heterocycles. The number of hydrazone groups is 1. The molecule has 0 aliphatic rings. The zero-order valence-electron chi connectivity index (χ0n) is 13.8. The molecule has 0 heterocycles. The van der Waals surface area contributed by atoms with Gasteiger partial charge >= 0.3 is 0 Å². The molecule has 0 spiro atoms. The van der Waals surface area contributed by atoms with Crippen molar-refractivity contribution in [2.45, 2.75) is 20.3 Å². The van der Waals surface area contributed by atoms with Crippen LogP contribution in [0.4, 0.5) is 5.69 Å². The predicted molar refractivity (Wildman–Crippen MR) is 101 cm³/mol. The van der Waals surface area contributed by atoms with Gasteiger partial charge in [-0.1, -0.05) is 40.9 Å². The Morgan fingerprint density at radius 3 is 2.40 bits per heavy atom. The van der Waals surface area contributed by atoms with Crippen molar-refractivity contribution in [2.24, 2.45) is 5.10 Å². The molecule has 2 aromatic rings. The van der Waals surface area contributed by atoms with Gasteiger partial charge in [0, 0.05) is 27.0 Å². The highest BCUT2D eigenvalue weighted by molar-refractivity contribution is 6.35. The number of carbonyl (C=O) groups is 2. The van der Waals surface area contributed by atoms with Crippen molar-refractivity contribution in [1.29, 1.82) is 0 Å². The van der Waals surface area contributed by atoms with Crippen molar-refractivity contribution >= 4 is 46.4 Å². The molecule has 2 N–H and O–H groups in total. The molecular weight excluding hydrogens is 361 g/mol. The summed E-state index contributed by atoms with van der Waals surface area (Å²) < 4.78 is 0. The molecule has 25 heavy (non-hydrogen) atoms. The Kier molecular flexibility index (Phi) is 6.56. The van der Waals surface area contributed by atoms with Gasteiger partial charge in [-0.3, -0.25) is 9.59 Å². The first kappa shape index (κ1) is 19.0. The van der Waals surface area contributed by atoms with Gasteiger partial charge in [0.05, 0.1) is 6.42 Å². The van der Waals surface area contributed by atoms with Crippen LogP contribution in [0.5, 0.6) is 0 Å². The van der Waals surface area contributed by atoms with Crippen LogP contribution in [-0.2, 0) is 4.79 Å². The summed E-state index contributed by atoms with van der Waals surface area (Å²) in [5.74, 6) is -0.616. The summed E-state index contributed by atoms with van der Waals surface area (Å²) in [5, 5.41) is 7.49. The van der Waals surface area contributed by atoms with E-state index in [1.807, 2.05) is 13.0 Å². The zero-order chi connectivity index (χ0) is 18.4. The van der Waals surface area contributed by atoms with Crippen LogP contribution < -0.4 is 10.7 Å². The summed E-state index contributed by atoms with van der Waals surface area (Å²) in [4.78, 5) is 24.0. The largest absolute Gasteiger partial charge is 0.326 e. The molecule has 0 aliphatic heterocycles. The summed E-state index contributed by atoms with van der Waals surface area (Å²) in [7, 11) is 0. The molecule has 5 nitrogen and oxygen atoms in total. The van der Waals surface area contributed by atoms with Crippen molar-refractivity contribution in [3.05, 3.63) is 63.6 Å². The van der Waals surface area contributed by atoms with Crippen LogP contribution in [0.15, 0.2) is 47.6 Å². The van der Waals surface area contributed by atoms with E-state index in [0.717, 1.165) is 5.56 Å². The quantitative estimate of drug-likeness (QED) is 0.597. The van der Waals surface area contributed by atoms with Crippen molar-refractivity contribution in [3.8, 4) is 0 Å². The lowest BCUT2D eigenvalue weighted by molar-refractivity contribution is -0.115. The Morgan fingerprint density at radius 2 is 1.76 bits per heavy atom. The smallest absolute Gasteiger partial charge is 0.271 e. The van der Waals surface area contributed by atoms with Crippen LogP contribution in [0.3, 0.4) is 0 Å². The number of carbonyl (C=O) groups excluding carboxylic acids is 2. The van der Waals surface area contributed by atoms with E-state index in [1.165, 1.54) is 0 Å². The normalized spacial score (nSPS) is 11.1. The number of benzene rings is 2. The standard InChI is InChI=1S/C18H17Cl2N3O2/c1-11-4-3-5-13(6-11)18(25)23-22-12(2)7-17(24)21-16-9-14(19)8-15(20)10-16/h3-6,8-10H,7H2,1-2H3,(H,21,24)(H,23,25)/b22-12-. The van der Waals surface area contributed by atoms with Crippen LogP contribution in [-0.4, -0.2) is 17.5 Å². The molecule has 2 amide bonds. The number of nitrogens with zero attached hydrogens (tertiary/aromatic N) is 1. The van der Waals surface area contributed by atoms with Crippen molar-refractivity contribution < 1.29 is 9.59 Å². The minimum atomic E-state index is -0.329. The first-order valence-corrected chi connectivity index (χ1v) is 8.25. The van der Waals surface area contributed by atoms with E-state index in [4.69, 9.17) is 23.2 Å². The third-order valence-electron chi connectivity index (χ3n) is 3.19. The molecule has 0 bridgehead atoms. The van der Waals surface area contributed by atoms with Crippen LogP contribution in [0.2, 0.25) is 10.0 Å². The van der Waals surface area contributed by atoms with Crippen molar-refractivity contribution in [2.75, 3.05) is 5.32 Å². The van der Waals surface area contributed by atoms with Gasteiger partial charge < -0.3 is 5.32 Å². The van der Waals surface area contributed by atoms with Crippen LogP contribution in [0.1, 0.15) is 29.3 Å². The average molecular weight is 378 g/mol. The van der Waals surface area contributed by atoms with E-state index in [9.17, 15) is 9.59 Å². The lowest BCUT2D eigenvalue weighted by Gasteiger charge is -2.07. The molecule has 0 saturated heterocycles. The second-order valence-corrected chi connectivity index (χ2v) is 6.41. The maximum atomic E-state index is 12.0. The highest BCUT2D eigenvalue weighted by Gasteiger charge is 2.08. The molecule has 0 fully saturated rings. The van der Waals surface area contributed by atoms with Gasteiger partial charge in [-0.25, -0.2) is 5.43 Å². The summed E-state index contributed by atoms with van der Waals surface area (Å²) in [6.45, 7) is 3.55. The Balaban J connectivity index is 1.91. The number of hydrogen-bond acceptors (Lipinski definition) is 3. The Labute approximate surface area is 156 Å². The van der Waals surface area contributed by atoms with Gasteiger partial charge in [0.1, 0.15) is 0 Å². The molecule has 2 aromatic carbocycles. The first-order valence-electron chi connectivity index (χ1n) is 7.49. The van der Waals surface area contributed by atoms with Gasteiger partial charge in [-0.15, -0.1) is 0 Å². The summed E-state index contributed by atoms with van der Waals surface area (Å²) in [6.07, 6.45) is 0.0260. The molecule has 0 atom stereocenters. The highest BCUT2D eigenvalue weighted by atomic mass is 35.5. The number of halogens is 2. The fourth-order valence-electron chi connectivity index (χ4n) is 2.10. The fourth-order valence-corrected chi connectivity index (χ4v) is 2.63. The molecule has 0 aliphatic carbocycles. The third kappa shape index (κ3) is 6.21. The maximum Gasteiger partial charge on any atom is 0.271 e. The van der Waals surface area contributed by atoms with Crippen LogP contribution >= 0.6 is 23.2 Å². The van der Waals surface area contributed by atoms with E-state index in [0.29, 0.717) is 27.0 Å². The van der Waals surface area contributed by atoms with Gasteiger partial charge in [0.25, 0.3) is 5.91 Å². The third-order valence-corrected chi connectivity index (χ3v) is 3.63. The van der Waals surface area contributed by atoms with Gasteiger partial charge in [-0.2, -0.15) is 5.10 Å². The fraction of sp³-hybridized carbons (Fsp3) is 0.167. The van der Waals surface area contributed by atoms with Crippen molar-refractivity contribution in [3.63, 3.8) is 0 Å². The highest BCUT2D eigenvalue weighted by Crippen LogP contribution is 2.22. The number of rotatable bonds is 5. The number of hydrogen-bond donors (Lipinski definition) is 2. The summed E-state index contributed by atoms with van der Waals surface area (Å²) in [5.41, 5.74) is 4.89. The number of nitrogens with one attached hydrogen (secondary N) is 2. The zero-order valence-corrected chi connectivity index (χ0v) is 15.3. The summed E-state index contributed by atoms with van der Waals surface area (Å²) in [6, 6.07) is 11.9. The van der Waals surface area contributed by atoms with E-state index >= 15 is 0 Å². The lowest BCUT2D eigenvalue weighted by Crippen LogP contribution is -2.21. The molecule has 130 valence electrons. The minimum Gasteiger partial charge on any atom is -0.326 e. The molecular formula is C18H17Cl2N3O2. The Morgan fingerprint density at radius 1 is 1.08 bits per heavy atom. The SMILES string of the molecule is C/C(CC(=O)Nc1cc(Cl)cc(Cl)c1)=N/NC(=O)c1cccc(C)c1. The average Bonchev–Trinajstić information content (AvgIpc) is 2.51. The molecule has 0 saturated carbocycles. The predicted octanol–water partition coefficient (Wildman–Crippen LogP) is 4.44. The van der Waals surface area contributed by atoms with Gasteiger partial charge in [0.15, 0.2) is 0 Å². The van der Waals surface area contributed by atoms with Crippen LogP contribution in [0, 0.1) is 6.92 Å². The molecule has 0 radical (unpaired) electrons. The van der Waals surface area contributed by atoms with E-state index in [-0.39, 0.29) is 18.2 Å². The minimum absolute atomic E-state index is 0.0260. The molecule has 2 rings (SSSR count). The number of amides is 2. The Hall–Kier alpha value is -2.37. The monoisotopic (exact) mass is 377 g/mol. The molecule has 7 heteroatoms. The molecule has 0 unspecified atom stereocenters. The lowest BCUT2D eigenvalue weighted by atomic mass is 10.1. The van der Waals surface area contributed by atoms with Gasteiger partial charge in [-0.05, 0) is 44.2 Å². The number of anilines is 1. The Bertz CT molecular complexity index is 815. The second kappa shape index (κ2) is 8.65. The second-order valence-electron chi connectivity index (χ2n) is 5.54. The van der Waals surface area contributed by atoms with E-state index in [1.54, 1.807) is 43.3 Å².